The Labute approximate surface area is 122 Å². The summed E-state index contributed by atoms with van der Waals surface area (Å²) in [6.45, 7) is 2.12. The van der Waals surface area contributed by atoms with E-state index in [0.29, 0.717) is 0 Å². The lowest BCUT2D eigenvalue weighted by Crippen LogP contribution is -1.95. The van der Waals surface area contributed by atoms with Crippen LogP contribution in [-0.4, -0.2) is 14.5 Å². The zero-order chi connectivity index (χ0) is 14.4. The van der Waals surface area contributed by atoms with E-state index >= 15 is 0 Å². The lowest BCUT2D eigenvalue weighted by atomic mass is 10.1. The highest BCUT2D eigenvalue weighted by atomic mass is 15.0. The van der Waals surface area contributed by atoms with Crippen LogP contribution in [0.15, 0.2) is 54.9 Å². The predicted molar refractivity (Wildman–Crippen MR) is 86.2 cm³/mol. The third-order valence-corrected chi connectivity index (χ3v) is 4.02. The molecule has 0 bridgehead atoms. The Kier molecular flexibility index (Phi) is 2.54. The Morgan fingerprint density at radius 2 is 1.76 bits per heavy atom. The zero-order valence-electron chi connectivity index (χ0n) is 12.0. The molecule has 0 aliphatic heterocycles. The van der Waals surface area contributed by atoms with Crippen LogP contribution < -0.4 is 0 Å². The molecule has 0 unspecified atom stereocenters. The van der Waals surface area contributed by atoms with Gasteiger partial charge in [-0.05, 0) is 30.7 Å². The Morgan fingerprint density at radius 3 is 2.57 bits per heavy atom. The first-order chi connectivity index (χ1) is 10.3. The van der Waals surface area contributed by atoms with E-state index in [9.17, 15) is 0 Å². The molecular formula is C18H15N3. The highest BCUT2D eigenvalue weighted by Gasteiger charge is 2.16. The van der Waals surface area contributed by atoms with Crippen molar-refractivity contribution in [3.05, 3.63) is 60.4 Å². The number of aromatic nitrogens is 3. The third-order valence-electron chi connectivity index (χ3n) is 4.02. The van der Waals surface area contributed by atoms with E-state index in [2.05, 4.69) is 52.8 Å². The lowest BCUT2D eigenvalue weighted by Gasteiger charge is -2.06. The van der Waals surface area contributed by atoms with Gasteiger partial charge in [-0.1, -0.05) is 24.3 Å². The van der Waals surface area contributed by atoms with Gasteiger partial charge in [-0.3, -0.25) is 9.97 Å². The summed E-state index contributed by atoms with van der Waals surface area (Å²) in [5.41, 5.74) is 5.42. The number of pyridine rings is 2. The van der Waals surface area contributed by atoms with E-state index in [4.69, 9.17) is 0 Å². The van der Waals surface area contributed by atoms with Crippen LogP contribution >= 0.6 is 0 Å². The van der Waals surface area contributed by atoms with E-state index in [1.54, 1.807) is 0 Å². The summed E-state index contributed by atoms with van der Waals surface area (Å²) in [6, 6.07) is 14.4. The summed E-state index contributed by atoms with van der Waals surface area (Å²) in [5, 5.41) is 2.54. The molecular weight excluding hydrogens is 258 g/mol. The minimum atomic E-state index is 0.911. The number of benzene rings is 1. The van der Waals surface area contributed by atoms with Crippen LogP contribution in [-0.2, 0) is 7.05 Å². The van der Waals surface area contributed by atoms with E-state index in [1.807, 2.05) is 30.6 Å². The minimum absolute atomic E-state index is 0.911. The second-order valence-corrected chi connectivity index (χ2v) is 5.30. The number of hydrogen-bond donors (Lipinski definition) is 0. The molecule has 0 radical (unpaired) electrons. The Hall–Kier alpha value is -2.68. The van der Waals surface area contributed by atoms with Crippen molar-refractivity contribution in [1.82, 2.24) is 14.5 Å². The molecule has 0 aliphatic carbocycles. The standard InChI is InChI=1S/C18H15N3/c1-12-11-20-17(14-8-5-6-10-19-14)18-16(12)13-7-3-4-9-15(13)21(18)2/h3-11H,1-2H3. The molecule has 3 nitrogen and oxygen atoms in total. The quantitative estimate of drug-likeness (QED) is 0.523. The molecule has 0 spiro atoms. The van der Waals surface area contributed by atoms with Gasteiger partial charge in [0.05, 0.1) is 11.2 Å². The van der Waals surface area contributed by atoms with E-state index in [1.165, 1.54) is 21.9 Å². The van der Waals surface area contributed by atoms with Crippen LogP contribution in [0, 0.1) is 6.92 Å². The van der Waals surface area contributed by atoms with Gasteiger partial charge in [-0.2, -0.15) is 0 Å². The minimum Gasteiger partial charge on any atom is -0.342 e. The summed E-state index contributed by atoms with van der Waals surface area (Å²) in [7, 11) is 2.10. The molecule has 4 rings (SSSR count). The molecule has 0 aliphatic rings. The zero-order valence-corrected chi connectivity index (χ0v) is 12.0. The van der Waals surface area contributed by atoms with E-state index in [-0.39, 0.29) is 0 Å². The van der Waals surface area contributed by atoms with Crippen molar-refractivity contribution in [2.75, 3.05) is 0 Å². The van der Waals surface area contributed by atoms with Crippen LogP contribution in [0.25, 0.3) is 33.2 Å². The third kappa shape index (κ3) is 1.67. The SMILES string of the molecule is Cc1cnc(-c2ccccn2)c2c1c1ccccc1n2C. The summed E-state index contributed by atoms with van der Waals surface area (Å²) < 4.78 is 2.22. The maximum absolute atomic E-state index is 4.65. The fourth-order valence-electron chi connectivity index (χ4n) is 3.05. The predicted octanol–water partition coefficient (Wildman–Crippen LogP) is 4.10. The second kappa shape index (κ2) is 4.42. The molecule has 3 heteroatoms. The van der Waals surface area contributed by atoms with Crippen molar-refractivity contribution in [3.63, 3.8) is 0 Å². The maximum Gasteiger partial charge on any atom is 0.113 e. The van der Waals surface area contributed by atoms with Crippen molar-refractivity contribution < 1.29 is 0 Å². The van der Waals surface area contributed by atoms with Crippen LogP contribution in [0.2, 0.25) is 0 Å². The molecule has 0 atom stereocenters. The molecule has 21 heavy (non-hydrogen) atoms. The van der Waals surface area contributed by atoms with Gasteiger partial charge in [0, 0.05) is 35.7 Å². The Balaban J connectivity index is 2.23. The van der Waals surface area contributed by atoms with Gasteiger partial charge < -0.3 is 4.57 Å². The van der Waals surface area contributed by atoms with Crippen LogP contribution in [0.5, 0.6) is 0 Å². The van der Waals surface area contributed by atoms with Gasteiger partial charge in [-0.25, -0.2) is 0 Å². The highest BCUT2D eigenvalue weighted by Crippen LogP contribution is 2.34. The Bertz CT molecular complexity index is 952. The Morgan fingerprint density at radius 1 is 0.952 bits per heavy atom. The van der Waals surface area contributed by atoms with Crippen molar-refractivity contribution in [2.24, 2.45) is 7.05 Å². The molecule has 0 saturated heterocycles. The average Bonchev–Trinajstić information content (AvgIpc) is 2.84. The maximum atomic E-state index is 4.65. The first-order valence-electron chi connectivity index (χ1n) is 7.01. The number of rotatable bonds is 1. The molecule has 102 valence electrons. The summed E-state index contributed by atoms with van der Waals surface area (Å²) >= 11 is 0. The van der Waals surface area contributed by atoms with Crippen LogP contribution in [0.1, 0.15) is 5.56 Å². The van der Waals surface area contributed by atoms with E-state index < -0.39 is 0 Å². The summed E-state index contributed by atoms with van der Waals surface area (Å²) in [6.07, 6.45) is 3.75. The van der Waals surface area contributed by atoms with Gasteiger partial charge in [0.25, 0.3) is 0 Å². The van der Waals surface area contributed by atoms with Crippen molar-refractivity contribution in [2.45, 2.75) is 6.92 Å². The van der Waals surface area contributed by atoms with E-state index in [0.717, 1.165) is 16.9 Å². The second-order valence-electron chi connectivity index (χ2n) is 5.30. The monoisotopic (exact) mass is 273 g/mol. The first kappa shape index (κ1) is 12.1. The van der Waals surface area contributed by atoms with Gasteiger partial charge in [0.15, 0.2) is 0 Å². The summed E-state index contributed by atoms with van der Waals surface area (Å²) in [4.78, 5) is 9.11. The van der Waals surface area contributed by atoms with Crippen LogP contribution in [0.4, 0.5) is 0 Å². The highest BCUT2D eigenvalue weighted by molar-refractivity contribution is 6.12. The first-order valence-corrected chi connectivity index (χ1v) is 7.01. The molecule has 4 aromatic rings. The van der Waals surface area contributed by atoms with Crippen molar-refractivity contribution in [1.29, 1.82) is 0 Å². The smallest absolute Gasteiger partial charge is 0.113 e. The molecule has 0 fully saturated rings. The number of nitrogens with zero attached hydrogens (tertiary/aromatic N) is 3. The number of para-hydroxylation sites is 1. The molecule has 0 N–H and O–H groups in total. The molecule has 3 aromatic heterocycles. The number of fused-ring (bicyclic) bond motifs is 3. The fourth-order valence-corrected chi connectivity index (χ4v) is 3.05. The molecule has 3 heterocycles. The van der Waals surface area contributed by atoms with Crippen molar-refractivity contribution in [3.8, 4) is 11.4 Å². The normalized spacial score (nSPS) is 11.3. The molecule has 0 amide bonds. The lowest BCUT2D eigenvalue weighted by molar-refractivity contribution is 1.01. The number of hydrogen-bond acceptors (Lipinski definition) is 2. The van der Waals surface area contributed by atoms with Crippen LogP contribution in [0.3, 0.4) is 0 Å². The van der Waals surface area contributed by atoms with Gasteiger partial charge in [-0.15, -0.1) is 0 Å². The van der Waals surface area contributed by atoms with Gasteiger partial charge in [0.2, 0.25) is 0 Å². The fraction of sp³-hybridized carbons (Fsp3) is 0.111. The number of aryl methyl sites for hydroxylation is 2. The van der Waals surface area contributed by atoms with Gasteiger partial charge in [0.1, 0.15) is 5.69 Å². The molecule has 0 saturated carbocycles. The van der Waals surface area contributed by atoms with Gasteiger partial charge >= 0.3 is 0 Å². The summed E-state index contributed by atoms with van der Waals surface area (Å²) in [5.74, 6) is 0. The molecule has 1 aromatic carbocycles. The van der Waals surface area contributed by atoms with Crippen molar-refractivity contribution >= 4 is 21.8 Å². The average molecular weight is 273 g/mol. The topological polar surface area (TPSA) is 30.7 Å². The largest absolute Gasteiger partial charge is 0.342 e.